The zero-order valence-corrected chi connectivity index (χ0v) is 17.7. The minimum atomic E-state index is 0.0516. The van der Waals surface area contributed by atoms with Crippen LogP contribution in [0.4, 0.5) is 5.69 Å². The van der Waals surface area contributed by atoms with Crippen LogP contribution >= 0.6 is 0 Å². The zero-order valence-electron chi connectivity index (χ0n) is 17.7. The van der Waals surface area contributed by atoms with Crippen LogP contribution in [-0.4, -0.2) is 68.7 Å². The molecule has 0 spiro atoms. The Kier molecular flexibility index (Phi) is 5.69. The third-order valence-electron chi connectivity index (χ3n) is 5.22. The molecule has 1 N–H and O–H groups in total. The average molecular weight is 409 g/mol. The summed E-state index contributed by atoms with van der Waals surface area (Å²) in [5.74, 6) is 0.826. The van der Waals surface area contributed by atoms with Gasteiger partial charge in [0.2, 0.25) is 5.91 Å². The largest absolute Gasteiger partial charge is 0.357 e. The Labute approximate surface area is 176 Å². The molecular weight excluding hydrogens is 380 g/mol. The van der Waals surface area contributed by atoms with E-state index < -0.39 is 0 Å². The maximum absolute atomic E-state index is 12.7. The topological polar surface area (TPSA) is 83.1 Å². The van der Waals surface area contributed by atoms with Crippen molar-refractivity contribution in [2.24, 2.45) is 12.0 Å². The Morgan fingerprint density at radius 3 is 2.87 bits per heavy atom. The van der Waals surface area contributed by atoms with Crippen LogP contribution in [0.3, 0.4) is 0 Å². The molecule has 1 aliphatic rings. The van der Waals surface area contributed by atoms with Gasteiger partial charge in [0.05, 0.1) is 17.6 Å². The van der Waals surface area contributed by atoms with Gasteiger partial charge in [0.15, 0.2) is 5.96 Å². The van der Waals surface area contributed by atoms with E-state index in [1.165, 1.54) is 0 Å². The summed E-state index contributed by atoms with van der Waals surface area (Å²) in [6.07, 6.45) is 8.41. The van der Waals surface area contributed by atoms with Crippen molar-refractivity contribution in [2.45, 2.75) is 20.3 Å². The predicted molar refractivity (Wildman–Crippen MR) is 117 cm³/mol. The summed E-state index contributed by atoms with van der Waals surface area (Å²) in [6.45, 7) is 7.10. The van der Waals surface area contributed by atoms with E-state index in [1.54, 1.807) is 15.8 Å². The van der Waals surface area contributed by atoms with Crippen molar-refractivity contribution in [3.8, 4) is 0 Å². The molecule has 1 saturated heterocycles. The molecule has 1 amide bonds. The minimum Gasteiger partial charge on any atom is -0.357 e. The van der Waals surface area contributed by atoms with Crippen molar-refractivity contribution >= 4 is 23.2 Å². The maximum atomic E-state index is 12.7. The van der Waals surface area contributed by atoms with Crippen molar-refractivity contribution in [1.82, 2.24) is 29.4 Å². The number of guanidine groups is 1. The molecular formula is C21H28N8O. The third-order valence-corrected chi connectivity index (χ3v) is 5.22. The van der Waals surface area contributed by atoms with Gasteiger partial charge < -0.3 is 19.5 Å². The summed E-state index contributed by atoms with van der Waals surface area (Å²) in [5.41, 5.74) is 4.00. The van der Waals surface area contributed by atoms with Gasteiger partial charge >= 0.3 is 0 Å². The van der Waals surface area contributed by atoms with E-state index in [0.29, 0.717) is 19.6 Å². The summed E-state index contributed by atoms with van der Waals surface area (Å²) >= 11 is 0. The van der Waals surface area contributed by atoms with E-state index in [1.807, 2.05) is 37.3 Å². The van der Waals surface area contributed by atoms with Gasteiger partial charge in [-0.2, -0.15) is 5.10 Å². The first-order valence-electron chi connectivity index (χ1n) is 10.3. The number of piperazine rings is 1. The van der Waals surface area contributed by atoms with Gasteiger partial charge in [-0.05, 0) is 25.5 Å². The molecule has 0 aliphatic carbocycles. The molecule has 0 radical (unpaired) electrons. The molecule has 0 bridgehead atoms. The summed E-state index contributed by atoms with van der Waals surface area (Å²) in [4.78, 5) is 26.0. The third kappa shape index (κ3) is 4.14. The lowest BCUT2D eigenvalue weighted by Crippen LogP contribution is -2.55. The number of carbonyl (C=O) groups excluding carboxylic acids is 1. The molecule has 3 aromatic rings. The second-order valence-electron chi connectivity index (χ2n) is 7.48. The monoisotopic (exact) mass is 408 g/mol. The molecule has 4 rings (SSSR count). The summed E-state index contributed by atoms with van der Waals surface area (Å²) in [5, 5.41) is 7.48. The van der Waals surface area contributed by atoms with E-state index in [4.69, 9.17) is 9.98 Å². The Morgan fingerprint density at radius 1 is 1.30 bits per heavy atom. The van der Waals surface area contributed by atoms with Gasteiger partial charge in [0, 0.05) is 58.2 Å². The number of nitrogens with zero attached hydrogens (tertiary/aromatic N) is 7. The Balaban J connectivity index is 1.41. The number of hydrogen-bond donors (Lipinski definition) is 1. The number of pyridine rings is 1. The standard InChI is InChI=1S/C21H28N8O/c1-4-22-21(23-8-7-17-13-27-9-5-6-16(2)20(27)25-17)28-10-11-29(19(30)15-28)18-12-24-26(3)14-18/h5-6,9,12-14H,4,7-8,10-11,15H2,1-3H3,(H,22,23). The SMILES string of the molecule is CCNC(=NCCc1cn2cccc(C)c2n1)N1CCN(c2cnn(C)c2)C(=O)C1. The lowest BCUT2D eigenvalue weighted by molar-refractivity contribution is -0.120. The van der Waals surface area contributed by atoms with Crippen LogP contribution in [0.5, 0.6) is 0 Å². The van der Waals surface area contributed by atoms with Crippen LogP contribution in [0.15, 0.2) is 41.9 Å². The normalized spacial score (nSPS) is 15.3. The van der Waals surface area contributed by atoms with Crippen LogP contribution in [0.1, 0.15) is 18.2 Å². The van der Waals surface area contributed by atoms with Gasteiger partial charge in [0.1, 0.15) is 12.2 Å². The van der Waals surface area contributed by atoms with E-state index in [2.05, 4.69) is 34.0 Å². The van der Waals surface area contributed by atoms with Gasteiger partial charge in [0.25, 0.3) is 0 Å². The highest BCUT2D eigenvalue weighted by molar-refractivity contribution is 5.98. The Morgan fingerprint density at radius 2 is 2.17 bits per heavy atom. The smallest absolute Gasteiger partial charge is 0.246 e. The fraction of sp³-hybridized carbons (Fsp3) is 0.429. The van der Waals surface area contributed by atoms with Crippen molar-refractivity contribution in [2.75, 3.05) is 37.6 Å². The van der Waals surface area contributed by atoms with Crippen molar-refractivity contribution < 1.29 is 4.79 Å². The molecule has 1 fully saturated rings. The molecule has 9 heteroatoms. The van der Waals surface area contributed by atoms with Gasteiger partial charge in [-0.3, -0.25) is 14.5 Å². The fourth-order valence-electron chi connectivity index (χ4n) is 3.70. The number of aryl methyl sites for hydroxylation is 2. The summed E-state index contributed by atoms with van der Waals surface area (Å²) < 4.78 is 3.76. The number of nitrogens with one attached hydrogen (secondary N) is 1. The molecule has 0 atom stereocenters. The lowest BCUT2D eigenvalue weighted by Gasteiger charge is -2.35. The summed E-state index contributed by atoms with van der Waals surface area (Å²) in [7, 11) is 1.85. The van der Waals surface area contributed by atoms with Crippen molar-refractivity contribution in [1.29, 1.82) is 0 Å². The second kappa shape index (κ2) is 8.56. The first-order chi connectivity index (χ1) is 14.5. The molecule has 0 saturated carbocycles. The number of imidazole rings is 1. The van der Waals surface area contributed by atoms with E-state index in [-0.39, 0.29) is 5.91 Å². The molecule has 1 aliphatic heterocycles. The quantitative estimate of drug-likeness (QED) is 0.507. The predicted octanol–water partition coefficient (Wildman–Crippen LogP) is 1.23. The van der Waals surface area contributed by atoms with Crippen molar-refractivity contribution in [3.63, 3.8) is 0 Å². The van der Waals surface area contributed by atoms with E-state index >= 15 is 0 Å². The number of carbonyl (C=O) groups is 1. The zero-order chi connectivity index (χ0) is 21.1. The molecule has 3 aromatic heterocycles. The number of hydrogen-bond acceptors (Lipinski definition) is 4. The second-order valence-corrected chi connectivity index (χ2v) is 7.48. The number of aliphatic imine (C=N–C) groups is 1. The Bertz CT molecular complexity index is 1070. The molecule has 30 heavy (non-hydrogen) atoms. The van der Waals surface area contributed by atoms with Crippen molar-refractivity contribution in [3.05, 3.63) is 48.2 Å². The average Bonchev–Trinajstić information content (AvgIpc) is 3.34. The van der Waals surface area contributed by atoms with Crippen LogP contribution in [0, 0.1) is 6.92 Å². The van der Waals surface area contributed by atoms with E-state index in [9.17, 15) is 4.79 Å². The van der Waals surface area contributed by atoms with Crippen LogP contribution < -0.4 is 10.2 Å². The van der Waals surface area contributed by atoms with Gasteiger partial charge in [-0.15, -0.1) is 0 Å². The molecule has 0 aromatic carbocycles. The highest BCUT2D eigenvalue weighted by atomic mass is 16.2. The number of rotatable bonds is 5. The van der Waals surface area contributed by atoms with Gasteiger partial charge in [-0.1, -0.05) is 6.07 Å². The Hall–Kier alpha value is -3.36. The van der Waals surface area contributed by atoms with Crippen LogP contribution in [0.25, 0.3) is 5.65 Å². The maximum Gasteiger partial charge on any atom is 0.246 e. The number of fused-ring (bicyclic) bond motifs is 1. The van der Waals surface area contributed by atoms with Gasteiger partial charge in [-0.25, -0.2) is 4.98 Å². The van der Waals surface area contributed by atoms with Crippen LogP contribution in [0.2, 0.25) is 0 Å². The molecule has 9 nitrogen and oxygen atoms in total. The summed E-state index contributed by atoms with van der Waals surface area (Å²) in [6, 6.07) is 4.09. The highest BCUT2D eigenvalue weighted by Gasteiger charge is 2.27. The highest BCUT2D eigenvalue weighted by Crippen LogP contribution is 2.16. The first-order valence-corrected chi connectivity index (χ1v) is 10.3. The minimum absolute atomic E-state index is 0.0516. The fourth-order valence-corrected chi connectivity index (χ4v) is 3.70. The molecule has 0 unspecified atom stereocenters. The lowest BCUT2D eigenvalue weighted by atomic mass is 10.3. The molecule has 158 valence electrons. The number of anilines is 1. The molecule has 4 heterocycles. The van der Waals surface area contributed by atoms with Crippen LogP contribution in [-0.2, 0) is 18.3 Å². The number of amides is 1. The first kappa shape index (κ1) is 19.9. The number of aromatic nitrogens is 4. The van der Waals surface area contributed by atoms with E-state index in [0.717, 1.165) is 48.1 Å².